The van der Waals surface area contributed by atoms with Crippen LogP contribution in [-0.4, -0.2) is 41.9 Å². The normalized spacial score (nSPS) is 13.7. The molecule has 0 fully saturated rings. The zero-order valence-electron chi connectivity index (χ0n) is 19.0. The lowest BCUT2D eigenvalue weighted by Gasteiger charge is -2.12. The highest BCUT2D eigenvalue weighted by atomic mass is 16.3. The minimum absolute atomic E-state index is 0.368. The highest BCUT2D eigenvalue weighted by molar-refractivity contribution is 5.92. The van der Waals surface area contributed by atoms with E-state index in [0.29, 0.717) is 18.9 Å². The maximum Gasteiger partial charge on any atom is 0.259 e. The third-order valence-electron chi connectivity index (χ3n) is 6.18. The number of rotatable bonds is 5. The van der Waals surface area contributed by atoms with Gasteiger partial charge in [0.2, 0.25) is 0 Å². The minimum atomic E-state index is -1.06. The van der Waals surface area contributed by atoms with Crippen LogP contribution >= 0.6 is 0 Å². The molecular weight excluding hydrogens is 442 g/mol. The van der Waals surface area contributed by atoms with Gasteiger partial charge in [-0.2, -0.15) is 5.10 Å². The monoisotopic (exact) mass is 465 g/mol. The minimum Gasteiger partial charge on any atom is -0.384 e. The summed E-state index contributed by atoms with van der Waals surface area (Å²) in [6.45, 7) is 2.85. The average molecular weight is 466 g/mol. The number of nitrogens with zero attached hydrogens (tertiary/aromatic N) is 4. The third kappa shape index (κ3) is 3.96. The third-order valence-corrected chi connectivity index (χ3v) is 6.18. The summed E-state index contributed by atoms with van der Waals surface area (Å²) in [5, 5.41) is 25.1. The molecule has 0 saturated carbocycles. The topological polar surface area (TPSA) is 121 Å². The molecule has 0 saturated heterocycles. The molecule has 1 aliphatic heterocycles. The van der Waals surface area contributed by atoms with Crippen LogP contribution < -0.4 is 10.6 Å². The predicted molar refractivity (Wildman–Crippen MR) is 133 cm³/mol. The van der Waals surface area contributed by atoms with Crippen LogP contribution in [0.4, 0.5) is 11.5 Å². The number of aromatic nitrogens is 5. The molecule has 174 valence electrons. The molecule has 1 atom stereocenters. The number of nitrogens with one attached hydrogen (secondary N) is 3. The number of hydrogen-bond donors (Lipinski definition) is 4. The second-order valence-corrected chi connectivity index (χ2v) is 8.64. The van der Waals surface area contributed by atoms with Gasteiger partial charge in [0.15, 0.2) is 5.82 Å². The molecule has 9 nitrogen and oxygen atoms in total. The van der Waals surface area contributed by atoms with Gasteiger partial charge in [0, 0.05) is 59.4 Å². The van der Waals surface area contributed by atoms with E-state index < -0.39 is 6.10 Å². The van der Waals surface area contributed by atoms with Crippen LogP contribution in [0.1, 0.15) is 23.0 Å². The van der Waals surface area contributed by atoms with Crippen LogP contribution in [0.3, 0.4) is 0 Å². The molecule has 6 rings (SSSR count). The Hall–Kier alpha value is -4.34. The van der Waals surface area contributed by atoms with Crippen LogP contribution in [-0.2, 0) is 13.1 Å². The Morgan fingerprint density at radius 3 is 2.60 bits per heavy atom. The molecule has 1 aliphatic rings. The van der Waals surface area contributed by atoms with Gasteiger partial charge < -0.3 is 15.7 Å². The van der Waals surface area contributed by atoms with E-state index in [-0.39, 0.29) is 5.91 Å². The molecule has 4 heterocycles. The summed E-state index contributed by atoms with van der Waals surface area (Å²) in [6.07, 6.45) is 6.04. The van der Waals surface area contributed by atoms with Crippen molar-refractivity contribution in [1.82, 2.24) is 30.0 Å². The van der Waals surface area contributed by atoms with E-state index >= 15 is 0 Å². The Kier molecular flexibility index (Phi) is 5.13. The van der Waals surface area contributed by atoms with Gasteiger partial charge in [-0.05, 0) is 36.1 Å². The number of anilines is 2. The summed E-state index contributed by atoms with van der Waals surface area (Å²) >= 11 is 0. The maximum atomic E-state index is 12.2. The summed E-state index contributed by atoms with van der Waals surface area (Å²) < 4.78 is 1.42. The van der Waals surface area contributed by atoms with E-state index in [4.69, 9.17) is 9.97 Å². The molecule has 9 heteroatoms. The summed E-state index contributed by atoms with van der Waals surface area (Å²) in [7, 11) is 0. The highest BCUT2D eigenvalue weighted by Crippen LogP contribution is 2.30. The van der Waals surface area contributed by atoms with Crippen molar-refractivity contribution in [3.63, 3.8) is 0 Å². The first-order valence-corrected chi connectivity index (χ1v) is 11.4. The van der Waals surface area contributed by atoms with Gasteiger partial charge in [-0.25, -0.2) is 9.97 Å². The van der Waals surface area contributed by atoms with Gasteiger partial charge in [0.25, 0.3) is 5.91 Å². The smallest absolute Gasteiger partial charge is 0.259 e. The SMILES string of the molecule is CC(O)C(=O)n1cc2ccc(-c3nc4c(c(Nc5ccc(-c6cn[nH]c6)cc5)n3)CNC4)cc2c1. The Balaban J connectivity index is 1.34. The largest absolute Gasteiger partial charge is 0.384 e. The van der Waals surface area contributed by atoms with Crippen molar-refractivity contribution in [2.75, 3.05) is 5.32 Å². The van der Waals surface area contributed by atoms with Crippen molar-refractivity contribution < 1.29 is 9.90 Å². The average Bonchev–Trinajstić information content (AvgIpc) is 3.64. The molecule has 35 heavy (non-hydrogen) atoms. The van der Waals surface area contributed by atoms with Crippen molar-refractivity contribution in [2.24, 2.45) is 0 Å². The van der Waals surface area contributed by atoms with Crippen LogP contribution in [0, 0.1) is 0 Å². The number of carbonyl (C=O) groups is 1. The number of H-pyrrole nitrogens is 1. The molecule has 3 aromatic heterocycles. The van der Waals surface area contributed by atoms with Gasteiger partial charge in [0.05, 0.1) is 11.9 Å². The molecule has 0 spiro atoms. The lowest BCUT2D eigenvalue weighted by Crippen LogP contribution is -2.21. The molecule has 0 bridgehead atoms. The molecule has 0 amide bonds. The van der Waals surface area contributed by atoms with E-state index in [1.807, 2.05) is 48.7 Å². The number of aliphatic hydroxyl groups excluding tert-OH is 1. The van der Waals surface area contributed by atoms with Crippen molar-refractivity contribution in [1.29, 1.82) is 0 Å². The summed E-state index contributed by atoms with van der Waals surface area (Å²) in [5.74, 6) is 1.02. The van der Waals surface area contributed by atoms with Gasteiger partial charge in [-0.3, -0.25) is 14.5 Å². The Bertz CT molecular complexity index is 1540. The molecular formula is C26H23N7O2. The quantitative estimate of drug-likeness (QED) is 0.311. The van der Waals surface area contributed by atoms with Gasteiger partial charge >= 0.3 is 0 Å². The molecule has 2 aromatic carbocycles. The Labute approximate surface area is 200 Å². The van der Waals surface area contributed by atoms with E-state index in [1.54, 1.807) is 18.6 Å². The number of carbonyl (C=O) groups excluding carboxylic acids is 1. The van der Waals surface area contributed by atoms with E-state index in [1.165, 1.54) is 11.5 Å². The Morgan fingerprint density at radius 2 is 1.83 bits per heavy atom. The zero-order chi connectivity index (χ0) is 23.9. The second-order valence-electron chi connectivity index (χ2n) is 8.64. The Morgan fingerprint density at radius 1 is 1.03 bits per heavy atom. The van der Waals surface area contributed by atoms with E-state index in [0.717, 1.165) is 50.2 Å². The molecule has 4 N–H and O–H groups in total. The van der Waals surface area contributed by atoms with Crippen LogP contribution in [0.5, 0.6) is 0 Å². The summed E-state index contributed by atoms with van der Waals surface area (Å²) in [6, 6.07) is 14.0. The number of fused-ring (bicyclic) bond motifs is 2. The fraction of sp³-hybridized carbons (Fsp3) is 0.154. The lowest BCUT2D eigenvalue weighted by atomic mass is 10.1. The molecule has 0 radical (unpaired) electrons. The second kappa shape index (κ2) is 8.46. The van der Waals surface area contributed by atoms with Gasteiger partial charge in [-0.15, -0.1) is 0 Å². The van der Waals surface area contributed by atoms with Crippen molar-refractivity contribution in [3.05, 3.63) is 78.5 Å². The van der Waals surface area contributed by atoms with Gasteiger partial charge in [-0.1, -0.05) is 24.3 Å². The number of aliphatic hydroxyl groups is 1. The van der Waals surface area contributed by atoms with E-state index in [9.17, 15) is 9.90 Å². The van der Waals surface area contributed by atoms with Crippen LogP contribution in [0.15, 0.2) is 67.3 Å². The molecule has 0 aliphatic carbocycles. The highest BCUT2D eigenvalue weighted by Gasteiger charge is 2.20. The van der Waals surface area contributed by atoms with Crippen molar-refractivity contribution >= 4 is 28.2 Å². The standard InChI is InChI=1S/C26H23N7O2/c1-15(34)26(35)33-13-18-3-2-17(8-19(18)14-33)24-31-23-12-27-11-22(23)25(32-24)30-21-6-4-16(5-7-21)20-9-28-29-10-20/h2-10,13-15,27,34H,11-12H2,1H3,(H,28,29)(H,30,31,32). The predicted octanol–water partition coefficient (Wildman–Crippen LogP) is 3.86. The number of hydrogen-bond acceptors (Lipinski definition) is 7. The fourth-order valence-electron chi connectivity index (χ4n) is 4.32. The van der Waals surface area contributed by atoms with Crippen molar-refractivity contribution in [2.45, 2.75) is 26.1 Å². The zero-order valence-corrected chi connectivity index (χ0v) is 19.0. The fourth-order valence-corrected chi connectivity index (χ4v) is 4.32. The van der Waals surface area contributed by atoms with Gasteiger partial charge in [0.1, 0.15) is 11.9 Å². The van der Waals surface area contributed by atoms with E-state index in [2.05, 4.69) is 20.8 Å². The number of benzene rings is 2. The van der Waals surface area contributed by atoms with Crippen LogP contribution in [0.25, 0.3) is 33.3 Å². The molecule has 1 unspecified atom stereocenters. The lowest BCUT2D eigenvalue weighted by molar-refractivity contribution is 0.0688. The summed E-state index contributed by atoms with van der Waals surface area (Å²) in [4.78, 5) is 21.9. The van der Waals surface area contributed by atoms with Crippen molar-refractivity contribution in [3.8, 4) is 22.5 Å². The first-order chi connectivity index (χ1) is 17.0. The molecule has 5 aromatic rings. The number of aromatic amines is 1. The van der Waals surface area contributed by atoms with Crippen LogP contribution in [0.2, 0.25) is 0 Å². The summed E-state index contributed by atoms with van der Waals surface area (Å²) in [5.41, 5.74) is 5.92. The first-order valence-electron chi connectivity index (χ1n) is 11.4. The first kappa shape index (κ1) is 21.2. The maximum absolute atomic E-state index is 12.2.